The van der Waals surface area contributed by atoms with E-state index in [1.165, 1.54) is 12.1 Å². The number of benzene rings is 2. The Balaban J connectivity index is 1.76. The molecule has 0 aliphatic carbocycles. The average molecular weight is 275 g/mol. The lowest BCUT2D eigenvalue weighted by molar-refractivity contribution is 0.174. The molecular weight excluding hydrogens is 261 g/mol. The van der Waals surface area contributed by atoms with Gasteiger partial charge in [0.2, 0.25) is 6.79 Å². The normalized spacial score (nSPS) is 12.5. The van der Waals surface area contributed by atoms with Gasteiger partial charge in [-0.15, -0.1) is 0 Å². The number of ether oxygens (including phenoxy) is 2. The second-order valence-corrected chi connectivity index (χ2v) is 4.65. The largest absolute Gasteiger partial charge is 0.507 e. The molecule has 20 heavy (non-hydrogen) atoms. The van der Waals surface area contributed by atoms with Crippen LogP contribution in [0.3, 0.4) is 0 Å². The Bertz CT molecular complexity index is 658. The molecule has 0 spiro atoms. The molecule has 1 aliphatic heterocycles. The molecule has 2 aromatic carbocycles. The second kappa shape index (κ2) is 4.92. The van der Waals surface area contributed by atoms with E-state index in [2.05, 4.69) is 5.32 Å². The van der Waals surface area contributed by atoms with Crippen molar-refractivity contribution in [1.82, 2.24) is 0 Å². The number of anilines is 1. The van der Waals surface area contributed by atoms with Crippen molar-refractivity contribution < 1.29 is 19.0 Å². The van der Waals surface area contributed by atoms with E-state index < -0.39 is 0 Å². The van der Waals surface area contributed by atoms with Gasteiger partial charge in [-0.05, 0) is 30.7 Å². The Labute approximate surface area is 115 Å². The van der Waals surface area contributed by atoms with Crippen LogP contribution < -0.4 is 14.8 Å². The molecule has 0 fully saturated rings. The Morgan fingerprint density at radius 3 is 2.70 bits per heavy atom. The Kier molecular flexibility index (Phi) is 3.10. The minimum Gasteiger partial charge on any atom is -0.507 e. The number of fused-ring (bicyclic) bond motifs is 1. The highest BCUT2D eigenvalue weighted by atomic mass is 19.1. The van der Waals surface area contributed by atoms with Gasteiger partial charge in [0.15, 0.2) is 11.5 Å². The number of rotatable bonds is 3. The van der Waals surface area contributed by atoms with Gasteiger partial charge in [0, 0.05) is 23.9 Å². The SMILES string of the molecule is Cc1ccc(NCc2cc3c(cc2O)OCO3)cc1F. The van der Waals surface area contributed by atoms with E-state index in [9.17, 15) is 9.50 Å². The van der Waals surface area contributed by atoms with E-state index in [0.717, 1.165) is 0 Å². The van der Waals surface area contributed by atoms with Crippen molar-refractivity contribution in [1.29, 1.82) is 0 Å². The molecule has 1 heterocycles. The first-order chi connectivity index (χ1) is 9.63. The maximum Gasteiger partial charge on any atom is 0.231 e. The standard InChI is InChI=1S/C15H14FNO3/c1-9-2-3-11(5-12(9)16)17-7-10-4-14-15(6-13(10)18)20-8-19-14/h2-6,17-18H,7-8H2,1H3. The molecular formula is C15H14FNO3. The van der Waals surface area contributed by atoms with E-state index in [4.69, 9.17) is 9.47 Å². The van der Waals surface area contributed by atoms with Gasteiger partial charge in [-0.25, -0.2) is 4.39 Å². The van der Waals surface area contributed by atoms with Crippen LogP contribution in [0.2, 0.25) is 0 Å². The number of halogens is 1. The van der Waals surface area contributed by atoms with Gasteiger partial charge < -0.3 is 19.9 Å². The zero-order chi connectivity index (χ0) is 14.1. The van der Waals surface area contributed by atoms with Crippen molar-refractivity contribution in [2.24, 2.45) is 0 Å². The van der Waals surface area contributed by atoms with Crippen LogP contribution in [0.15, 0.2) is 30.3 Å². The second-order valence-electron chi connectivity index (χ2n) is 4.65. The third kappa shape index (κ3) is 2.34. The molecule has 2 aromatic rings. The molecule has 0 saturated heterocycles. The number of hydrogen-bond donors (Lipinski definition) is 2. The summed E-state index contributed by atoms with van der Waals surface area (Å²) in [7, 11) is 0. The van der Waals surface area contributed by atoms with Crippen molar-refractivity contribution in [3.63, 3.8) is 0 Å². The lowest BCUT2D eigenvalue weighted by Crippen LogP contribution is -2.00. The molecule has 0 atom stereocenters. The van der Waals surface area contributed by atoms with Gasteiger partial charge in [0.1, 0.15) is 11.6 Å². The van der Waals surface area contributed by atoms with Crippen molar-refractivity contribution >= 4 is 5.69 Å². The molecule has 5 heteroatoms. The lowest BCUT2D eigenvalue weighted by atomic mass is 10.1. The van der Waals surface area contributed by atoms with E-state index in [1.807, 2.05) is 0 Å². The number of phenolic OH excluding ortho intramolecular Hbond substituents is 1. The van der Waals surface area contributed by atoms with Crippen LogP contribution in [0, 0.1) is 12.7 Å². The molecule has 0 amide bonds. The van der Waals surface area contributed by atoms with Crippen LogP contribution in [-0.2, 0) is 6.54 Å². The third-order valence-corrected chi connectivity index (χ3v) is 3.23. The number of hydrogen-bond acceptors (Lipinski definition) is 4. The molecule has 2 N–H and O–H groups in total. The minimum atomic E-state index is -0.259. The van der Waals surface area contributed by atoms with Crippen molar-refractivity contribution in [2.45, 2.75) is 13.5 Å². The molecule has 0 aromatic heterocycles. The van der Waals surface area contributed by atoms with Crippen LogP contribution in [0.25, 0.3) is 0 Å². The highest BCUT2D eigenvalue weighted by Crippen LogP contribution is 2.37. The topological polar surface area (TPSA) is 50.7 Å². The lowest BCUT2D eigenvalue weighted by Gasteiger charge is -2.10. The summed E-state index contributed by atoms with van der Waals surface area (Å²) >= 11 is 0. The molecule has 0 bridgehead atoms. The highest BCUT2D eigenvalue weighted by molar-refractivity contribution is 5.53. The summed E-state index contributed by atoms with van der Waals surface area (Å²) in [5, 5.41) is 13.0. The molecule has 0 radical (unpaired) electrons. The number of aryl methyl sites for hydroxylation is 1. The summed E-state index contributed by atoms with van der Waals surface area (Å²) in [4.78, 5) is 0. The molecule has 1 aliphatic rings. The zero-order valence-corrected chi connectivity index (χ0v) is 10.9. The minimum absolute atomic E-state index is 0.120. The van der Waals surface area contributed by atoms with Crippen LogP contribution in [0.1, 0.15) is 11.1 Å². The third-order valence-electron chi connectivity index (χ3n) is 3.23. The van der Waals surface area contributed by atoms with Crippen LogP contribution in [0.4, 0.5) is 10.1 Å². The Morgan fingerprint density at radius 1 is 1.20 bits per heavy atom. The fraction of sp³-hybridized carbons (Fsp3) is 0.200. The summed E-state index contributed by atoms with van der Waals surface area (Å²) < 4.78 is 23.9. The first-order valence-electron chi connectivity index (χ1n) is 6.25. The van der Waals surface area contributed by atoms with E-state index in [1.54, 1.807) is 25.1 Å². The van der Waals surface area contributed by atoms with Gasteiger partial charge in [-0.3, -0.25) is 0 Å². The first-order valence-corrected chi connectivity index (χ1v) is 6.25. The maximum atomic E-state index is 13.4. The molecule has 4 nitrogen and oxygen atoms in total. The zero-order valence-electron chi connectivity index (χ0n) is 10.9. The molecule has 104 valence electrons. The number of aromatic hydroxyl groups is 1. The quantitative estimate of drug-likeness (QED) is 0.903. The summed E-state index contributed by atoms with van der Waals surface area (Å²) in [6.07, 6.45) is 0. The van der Waals surface area contributed by atoms with E-state index in [-0.39, 0.29) is 18.4 Å². The predicted octanol–water partition coefficient (Wildman–Crippen LogP) is 3.18. The van der Waals surface area contributed by atoms with Gasteiger partial charge in [0.05, 0.1) is 0 Å². The monoisotopic (exact) mass is 275 g/mol. The van der Waals surface area contributed by atoms with Crippen molar-refractivity contribution in [3.05, 3.63) is 47.3 Å². The van der Waals surface area contributed by atoms with Gasteiger partial charge in [-0.2, -0.15) is 0 Å². The van der Waals surface area contributed by atoms with Crippen LogP contribution >= 0.6 is 0 Å². The Hall–Kier alpha value is -2.43. The molecule has 0 saturated carbocycles. The van der Waals surface area contributed by atoms with E-state index >= 15 is 0 Å². The fourth-order valence-electron chi connectivity index (χ4n) is 2.02. The highest BCUT2D eigenvalue weighted by Gasteiger charge is 2.16. The van der Waals surface area contributed by atoms with E-state index in [0.29, 0.717) is 34.9 Å². The molecule has 3 rings (SSSR count). The first kappa shape index (κ1) is 12.6. The Morgan fingerprint density at radius 2 is 1.95 bits per heavy atom. The summed E-state index contributed by atoms with van der Waals surface area (Å²) in [6, 6.07) is 8.17. The average Bonchev–Trinajstić information content (AvgIpc) is 2.87. The van der Waals surface area contributed by atoms with Gasteiger partial charge >= 0.3 is 0 Å². The van der Waals surface area contributed by atoms with Crippen LogP contribution in [0.5, 0.6) is 17.2 Å². The fourth-order valence-corrected chi connectivity index (χ4v) is 2.02. The number of nitrogens with one attached hydrogen (secondary N) is 1. The van der Waals surface area contributed by atoms with Crippen LogP contribution in [-0.4, -0.2) is 11.9 Å². The molecule has 0 unspecified atom stereocenters. The number of phenols is 1. The summed E-state index contributed by atoms with van der Waals surface area (Å²) in [5.41, 5.74) is 1.92. The smallest absolute Gasteiger partial charge is 0.231 e. The van der Waals surface area contributed by atoms with Crippen molar-refractivity contribution in [3.8, 4) is 17.2 Å². The summed E-state index contributed by atoms with van der Waals surface area (Å²) in [5.74, 6) is 1.00. The van der Waals surface area contributed by atoms with Gasteiger partial charge in [0.25, 0.3) is 0 Å². The maximum absolute atomic E-state index is 13.4. The predicted molar refractivity (Wildman–Crippen MR) is 72.7 cm³/mol. The van der Waals surface area contributed by atoms with Crippen molar-refractivity contribution in [2.75, 3.05) is 12.1 Å². The summed E-state index contributed by atoms with van der Waals surface area (Å²) in [6.45, 7) is 2.24. The van der Waals surface area contributed by atoms with Gasteiger partial charge in [-0.1, -0.05) is 6.07 Å².